The van der Waals surface area contributed by atoms with Crippen molar-refractivity contribution in [1.82, 2.24) is 33.8 Å². The standard InChI is InChI=1S/C31H32F3N9O2/c1-19-37-26-23(39(19)3)15-22(31(32,33)34)25-21-6-4-10-41-24(14-20(27(21)41)7-12-38(2)28(25)26)40-16-30(17-40)18-45-13-5-11-42(30)29(44)43-35-8-9-36-43/h4,6,8-10,14-15H,5,7,11-13,16-18H2,1-3H3. The van der Waals surface area contributed by atoms with Crippen molar-refractivity contribution in [3.8, 4) is 11.1 Å². The molecule has 0 bridgehead atoms. The average Bonchev–Trinajstić information content (AvgIpc) is 3.67. The molecule has 0 radical (unpaired) electrons. The minimum absolute atomic E-state index is 0.146. The summed E-state index contributed by atoms with van der Waals surface area (Å²) in [5.41, 5.74) is 2.65. The van der Waals surface area contributed by atoms with Crippen LogP contribution in [0.25, 0.3) is 27.7 Å². The molecular formula is C31H32F3N9O2. The lowest BCUT2D eigenvalue weighted by Gasteiger charge is -2.54. The normalized spacial score (nSPS) is 18.2. The van der Waals surface area contributed by atoms with Gasteiger partial charge in [0.2, 0.25) is 0 Å². The van der Waals surface area contributed by atoms with E-state index in [0.717, 1.165) is 21.7 Å². The molecule has 8 rings (SSSR count). The Morgan fingerprint density at radius 2 is 1.87 bits per heavy atom. The molecule has 3 aliphatic heterocycles. The van der Waals surface area contributed by atoms with Gasteiger partial charge in [-0.1, -0.05) is 10.9 Å². The predicted molar refractivity (Wildman–Crippen MR) is 162 cm³/mol. The van der Waals surface area contributed by atoms with Gasteiger partial charge in [0.25, 0.3) is 0 Å². The largest absolute Gasteiger partial charge is 0.417 e. The number of carbonyl (C=O) groups is 1. The molecule has 0 unspecified atom stereocenters. The van der Waals surface area contributed by atoms with Crippen LogP contribution in [0.4, 0.5) is 29.5 Å². The van der Waals surface area contributed by atoms with Gasteiger partial charge in [0.15, 0.2) is 0 Å². The fraction of sp³-hybridized carbons (Fsp3) is 0.419. The van der Waals surface area contributed by atoms with Gasteiger partial charge < -0.3 is 28.4 Å². The predicted octanol–water partition coefficient (Wildman–Crippen LogP) is 4.35. The van der Waals surface area contributed by atoms with E-state index in [2.05, 4.69) is 21.2 Å². The smallest absolute Gasteiger partial charge is 0.379 e. The van der Waals surface area contributed by atoms with E-state index in [-0.39, 0.29) is 11.6 Å². The lowest BCUT2D eigenvalue weighted by Crippen LogP contribution is -2.74. The van der Waals surface area contributed by atoms with Crippen LogP contribution in [-0.2, 0) is 24.4 Å². The average molecular weight is 620 g/mol. The third kappa shape index (κ3) is 4.07. The lowest BCUT2D eigenvalue weighted by atomic mass is 9.88. The summed E-state index contributed by atoms with van der Waals surface area (Å²) in [5, 5.41) is 8.11. The first-order chi connectivity index (χ1) is 21.6. The number of hydrogen-bond acceptors (Lipinski definition) is 7. The number of halogens is 3. The van der Waals surface area contributed by atoms with Crippen LogP contribution in [0.1, 0.15) is 23.4 Å². The van der Waals surface area contributed by atoms with Crippen LogP contribution >= 0.6 is 0 Å². The molecule has 14 heteroatoms. The number of hydrogen-bond donors (Lipinski definition) is 0. The van der Waals surface area contributed by atoms with Gasteiger partial charge in [-0.25, -0.2) is 9.78 Å². The number of ether oxygens (including phenoxy) is 1. The maximum atomic E-state index is 14.9. The highest BCUT2D eigenvalue weighted by Gasteiger charge is 2.52. The molecule has 3 aliphatic rings. The Bertz CT molecular complexity index is 1970. The fourth-order valence-electron chi connectivity index (χ4n) is 7.36. The Balaban J connectivity index is 1.26. The first-order valence-corrected chi connectivity index (χ1v) is 15.0. The van der Waals surface area contributed by atoms with Gasteiger partial charge in [-0.15, -0.1) is 0 Å². The Morgan fingerprint density at radius 3 is 2.62 bits per heavy atom. The van der Waals surface area contributed by atoms with E-state index in [1.807, 2.05) is 27.4 Å². The summed E-state index contributed by atoms with van der Waals surface area (Å²) in [4.78, 5) is 25.1. The molecule has 5 aromatic rings. The summed E-state index contributed by atoms with van der Waals surface area (Å²) in [7, 11) is 3.59. The van der Waals surface area contributed by atoms with Crippen molar-refractivity contribution in [1.29, 1.82) is 0 Å². The van der Waals surface area contributed by atoms with E-state index in [1.165, 1.54) is 18.5 Å². The summed E-state index contributed by atoms with van der Waals surface area (Å²) in [6.07, 6.45) is 1.62. The maximum absolute atomic E-state index is 14.9. The van der Waals surface area contributed by atoms with Crippen LogP contribution in [-0.4, -0.2) is 91.9 Å². The van der Waals surface area contributed by atoms with Crippen molar-refractivity contribution < 1.29 is 22.7 Å². The zero-order chi connectivity index (χ0) is 31.2. The topological polar surface area (TPSA) is 89.0 Å². The quantitative estimate of drug-likeness (QED) is 0.276. The zero-order valence-corrected chi connectivity index (χ0v) is 25.2. The molecule has 45 heavy (non-hydrogen) atoms. The highest BCUT2D eigenvalue weighted by atomic mass is 19.4. The molecule has 0 saturated carbocycles. The van der Waals surface area contributed by atoms with Crippen LogP contribution < -0.4 is 9.80 Å². The van der Waals surface area contributed by atoms with Crippen molar-refractivity contribution in [2.75, 3.05) is 56.2 Å². The summed E-state index contributed by atoms with van der Waals surface area (Å²) < 4.78 is 54.3. The molecular weight excluding hydrogens is 587 g/mol. The fourth-order valence-corrected chi connectivity index (χ4v) is 7.36. The van der Waals surface area contributed by atoms with Crippen molar-refractivity contribution in [2.24, 2.45) is 7.05 Å². The van der Waals surface area contributed by atoms with Gasteiger partial charge in [0.1, 0.15) is 22.7 Å². The number of likely N-dealkylation sites (N-methyl/N-ethyl adjacent to an activating group) is 1. The summed E-state index contributed by atoms with van der Waals surface area (Å²) in [6, 6.07) is 6.61. The van der Waals surface area contributed by atoms with Gasteiger partial charge in [-0.2, -0.15) is 23.4 Å². The van der Waals surface area contributed by atoms with Crippen LogP contribution in [0.15, 0.2) is 42.9 Å². The molecule has 0 aliphatic carbocycles. The zero-order valence-electron chi connectivity index (χ0n) is 25.2. The monoisotopic (exact) mass is 619 g/mol. The van der Waals surface area contributed by atoms with Crippen molar-refractivity contribution in [3.63, 3.8) is 0 Å². The number of rotatable bonds is 1. The van der Waals surface area contributed by atoms with E-state index < -0.39 is 17.3 Å². The Labute approximate surface area is 256 Å². The van der Waals surface area contributed by atoms with E-state index in [4.69, 9.17) is 9.72 Å². The number of pyridine rings is 1. The number of nitrogens with zero attached hydrogens (tertiary/aromatic N) is 9. The van der Waals surface area contributed by atoms with Gasteiger partial charge in [-0.3, -0.25) is 0 Å². The molecule has 7 heterocycles. The first-order valence-electron chi connectivity index (χ1n) is 15.0. The SMILES string of the molecule is Cc1nc2c3c(c(C(F)(F)F)cc2n1C)-c1cccn2c(N4CC5(COCCCN5C(=O)n5nccn5)C4)cc(c12)CCN3C. The highest BCUT2D eigenvalue weighted by molar-refractivity contribution is 6.04. The van der Waals surface area contributed by atoms with Gasteiger partial charge in [0, 0.05) is 64.2 Å². The number of alkyl halides is 3. The number of carbonyl (C=O) groups excluding carboxylic acids is 1. The molecule has 2 fully saturated rings. The van der Waals surface area contributed by atoms with Crippen molar-refractivity contribution >= 4 is 34.1 Å². The summed E-state index contributed by atoms with van der Waals surface area (Å²) in [5.74, 6) is 1.52. The Hall–Kier alpha value is -4.59. The third-order valence-electron chi connectivity index (χ3n) is 9.62. The number of anilines is 2. The first kappa shape index (κ1) is 27.9. The van der Waals surface area contributed by atoms with Crippen LogP contribution in [0.2, 0.25) is 0 Å². The minimum atomic E-state index is -4.58. The maximum Gasteiger partial charge on any atom is 0.417 e. The van der Waals surface area contributed by atoms with E-state index in [1.54, 1.807) is 30.7 Å². The molecule has 234 valence electrons. The molecule has 1 amide bonds. The number of imidazole rings is 1. The van der Waals surface area contributed by atoms with Crippen molar-refractivity contribution in [2.45, 2.75) is 31.5 Å². The van der Waals surface area contributed by atoms with E-state index in [9.17, 15) is 18.0 Å². The lowest BCUT2D eigenvalue weighted by molar-refractivity contribution is -0.137. The molecule has 4 aromatic heterocycles. The number of fused-ring (bicyclic) bond motifs is 4. The number of amides is 1. The molecule has 1 spiro atoms. The second kappa shape index (κ2) is 9.70. The molecule has 1 aromatic carbocycles. The summed E-state index contributed by atoms with van der Waals surface area (Å²) in [6.45, 7) is 4.79. The molecule has 0 N–H and O–H groups in total. The number of aromatic nitrogens is 6. The molecule has 2 saturated heterocycles. The number of aryl methyl sites for hydroxylation is 2. The van der Waals surface area contributed by atoms with Gasteiger partial charge in [-0.05, 0) is 43.5 Å². The Morgan fingerprint density at radius 1 is 1.09 bits per heavy atom. The number of benzene rings is 1. The van der Waals surface area contributed by atoms with Gasteiger partial charge >= 0.3 is 12.2 Å². The van der Waals surface area contributed by atoms with Crippen molar-refractivity contribution in [3.05, 3.63) is 59.8 Å². The van der Waals surface area contributed by atoms with E-state index >= 15 is 0 Å². The summed E-state index contributed by atoms with van der Waals surface area (Å²) >= 11 is 0. The molecule has 11 nitrogen and oxygen atoms in total. The van der Waals surface area contributed by atoms with Crippen LogP contribution in [0.3, 0.4) is 0 Å². The second-order valence-electron chi connectivity index (χ2n) is 12.3. The van der Waals surface area contributed by atoms with Crippen LogP contribution in [0, 0.1) is 6.92 Å². The van der Waals surface area contributed by atoms with E-state index in [0.29, 0.717) is 80.3 Å². The van der Waals surface area contributed by atoms with Gasteiger partial charge in [0.05, 0.1) is 41.3 Å². The van der Waals surface area contributed by atoms with Crippen LogP contribution in [0.5, 0.6) is 0 Å². The second-order valence-corrected chi connectivity index (χ2v) is 12.3. The highest BCUT2D eigenvalue weighted by Crippen LogP contribution is 2.49. The molecule has 0 atom stereocenters. The Kier molecular flexibility index (Phi) is 6.02. The third-order valence-corrected chi connectivity index (χ3v) is 9.62. The minimum Gasteiger partial charge on any atom is -0.379 e.